The predicted octanol–water partition coefficient (Wildman–Crippen LogP) is 3.03. The summed E-state index contributed by atoms with van der Waals surface area (Å²) < 4.78 is 73.8. The molecule has 13 heteroatoms. The fourth-order valence-corrected chi connectivity index (χ4v) is 1.59. The van der Waals surface area contributed by atoms with Gasteiger partial charge in [-0.05, 0) is 13.0 Å². The molecule has 0 aliphatic heterocycles. The Labute approximate surface area is 163 Å². The van der Waals surface area contributed by atoms with Gasteiger partial charge in [-0.2, -0.15) is 26.3 Å². The molecule has 1 aromatic heterocycles. The van der Waals surface area contributed by atoms with Crippen molar-refractivity contribution in [2.75, 3.05) is 31.5 Å². The van der Waals surface area contributed by atoms with Crippen LogP contribution in [0.15, 0.2) is 17.3 Å². The number of guanidine groups is 1. The van der Waals surface area contributed by atoms with E-state index in [9.17, 15) is 26.3 Å². The van der Waals surface area contributed by atoms with Crippen LogP contribution in [0.3, 0.4) is 0 Å². The van der Waals surface area contributed by atoms with Crippen LogP contribution < -0.4 is 16.0 Å². The average Bonchev–Trinajstić information content (AvgIpc) is 2.49. The van der Waals surface area contributed by atoms with Gasteiger partial charge in [-0.15, -0.1) is 24.0 Å². The fraction of sp³-hybridized carbons (Fsp3) is 0.615. The van der Waals surface area contributed by atoms with Crippen LogP contribution >= 0.6 is 24.0 Å². The van der Waals surface area contributed by atoms with Crippen LogP contribution in [0.1, 0.15) is 19.0 Å². The molecule has 0 amide bonds. The highest BCUT2D eigenvalue weighted by Crippen LogP contribution is 2.27. The lowest BCUT2D eigenvalue weighted by molar-refractivity contribution is -0.141. The van der Waals surface area contributed by atoms with E-state index in [-0.39, 0.29) is 49.0 Å². The van der Waals surface area contributed by atoms with Crippen molar-refractivity contribution in [3.8, 4) is 0 Å². The summed E-state index contributed by atoms with van der Waals surface area (Å²) in [7, 11) is 0. The van der Waals surface area contributed by atoms with E-state index in [2.05, 4.69) is 30.9 Å². The normalized spacial score (nSPS) is 12.3. The third-order valence-electron chi connectivity index (χ3n) is 2.66. The van der Waals surface area contributed by atoms with Crippen molar-refractivity contribution < 1.29 is 26.3 Å². The van der Waals surface area contributed by atoms with Crippen molar-refractivity contribution in [2.24, 2.45) is 4.99 Å². The summed E-state index contributed by atoms with van der Waals surface area (Å²) in [5, 5.41) is 8.10. The lowest BCUT2D eigenvalue weighted by atomic mass is 10.4. The molecule has 6 nitrogen and oxygen atoms in total. The molecular formula is C13H19F6IN6. The molecule has 1 rings (SSSR count). The minimum Gasteiger partial charge on any atom is -0.357 e. The zero-order chi connectivity index (χ0) is 18.9. The van der Waals surface area contributed by atoms with Gasteiger partial charge in [-0.25, -0.2) is 9.97 Å². The van der Waals surface area contributed by atoms with Gasteiger partial charge in [0.05, 0.1) is 13.0 Å². The van der Waals surface area contributed by atoms with Crippen LogP contribution in [0.4, 0.5) is 32.3 Å². The monoisotopic (exact) mass is 500 g/mol. The molecule has 0 spiro atoms. The highest BCUT2D eigenvalue weighted by atomic mass is 127. The van der Waals surface area contributed by atoms with E-state index in [1.54, 1.807) is 6.92 Å². The molecular weight excluding hydrogens is 481 g/mol. The number of anilines is 1. The highest BCUT2D eigenvalue weighted by molar-refractivity contribution is 14.0. The summed E-state index contributed by atoms with van der Waals surface area (Å²) in [5.74, 6) is -0.0193. The number of aliphatic imine (C=N–C) groups is 1. The Morgan fingerprint density at radius 2 is 1.81 bits per heavy atom. The molecule has 0 fully saturated rings. The van der Waals surface area contributed by atoms with Crippen molar-refractivity contribution in [3.63, 3.8) is 0 Å². The van der Waals surface area contributed by atoms with Crippen LogP contribution in [0.2, 0.25) is 0 Å². The number of alkyl halides is 6. The summed E-state index contributed by atoms with van der Waals surface area (Å²) in [6.07, 6.45) is -8.92. The van der Waals surface area contributed by atoms with Crippen molar-refractivity contribution in [1.29, 1.82) is 0 Å². The summed E-state index contributed by atoms with van der Waals surface area (Å²) in [4.78, 5) is 10.7. The molecule has 0 saturated carbocycles. The van der Waals surface area contributed by atoms with E-state index in [0.717, 1.165) is 12.3 Å². The van der Waals surface area contributed by atoms with Gasteiger partial charge in [0.15, 0.2) is 5.96 Å². The molecule has 1 heterocycles. The summed E-state index contributed by atoms with van der Waals surface area (Å²) in [6, 6.07) is 0.750. The lowest BCUT2D eigenvalue weighted by Crippen LogP contribution is -2.39. The molecule has 150 valence electrons. The van der Waals surface area contributed by atoms with Crippen LogP contribution in [0.5, 0.6) is 0 Å². The van der Waals surface area contributed by atoms with Crippen LogP contribution in [-0.4, -0.2) is 48.3 Å². The number of hydrogen-bond acceptors (Lipinski definition) is 4. The van der Waals surface area contributed by atoms with E-state index in [4.69, 9.17) is 0 Å². The largest absolute Gasteiger partial charge is 0.433 e. The second kappa shape index (κ2) is 11.2. The summed E-state index contributed by atoms with van der Waals surface area (Å²) in [5.41, 5.74) is -1.07. The third kappa shape index (κ3) is 10.5. The first-order chi connectivity index (χ1) is 11.6. The highest BCUT2D eigenvalue weighted by Gasteiger charge is 2.32. The molecule has 0 aromatic carbocycles. The van der Waals surface area contributed by atoms with Gasteiger partial charge >= 0.3 is 12.4 Å². The summed E-state index contributed by atoms with van der Waals surface area (Å²) >= 11 is 0. The second-order valence-electron chi connectivity index (χ2n) is 4.74. The lowest BCUT2D eigenvalue weighted by Gasteiger charge is -2.12. The molecule has 3 N–H and O–H groups in total. The van der Waals surface area contributed by atoms with Gasteiger partial charge < -0.3 is 16.0 Å². The molecule has 0 aliphatic rings. The third-order valence-corrected chi connectivity index (χ3v) is 2.66. The first-order valence-electron chi connectivity index (χ1n) is 7.35. The van der Waals surface area contributed by atoms with Gasteiger partial charge in [-0.1, -0.05) is 0 Å². The maximum absolute atomic E-state index is 12.5. The number of nitrogens with zero attached hydrogens (tertiary/aromatic N) is 3. The standard InChI is InChI=1S/C13H18F6N6.HI/c1-2-20-10(22-6-4-12(14,15)16)23-7-8-24-11-21-5-3-9(25-11)13(17,18)19;/h3,5H,2,4,6-8H2,1H3,(H2,20,22,23)(H,21,24,25);1H. The van der Waals surface area contributed by atoms with Crippen LogP contribution in [0.25, 0.3) is 0 Å². The van der Waals surface area contributed by atoms with Crippen molar-refractivity contribution in [1.82, 2.24) is 20.6 Å². The second-order valence-corrected chi connectivity index (χ2v) is 4.74. The molecule has 0 radical (unpaired) electrons. The van der Waals surface area contributed by atoms with Gasteiger partial charge in [0, 0.05) is 25.8 Å². The quantitative estimate of drug-likeness (QED) is 0.177. The molecule has 0 unspecified atom stereocenters. The maximum Gasteiger partial charge on any atom is 0.433 e. The molecule has 26 heavy (non-hydrogen) atoms. The van der Waals surface area contributed by atoms with Crippen LogP contribution in [-0.2, 0) is 6.18 Å². The van der Waals surface area contributed by atoms with E-state index < -0.39 is 31.0 Å². The van der Waals surface area contributed by atoms with E-state index >= 15 is 0 Å². The zero-order valence-corrected chi connectivity index (χ0v) is 16.0. The number of nitrogens with one attached hydrogen (secondary N) is 3. The first kappa shape index (κ1) is 24.5. The number of hydrogen-bond donors (Lipinski definition) is 3. The predicted molar refractivity (Wildman–Crippen MR) is 95.6 cm³/mol. The minimum atomic E-state index is -4.57. The van der Waals surface area contributed by atoms with Crippen molar-refractivity contribution in [3.05, 3.63) is 18.0 Å². The van der Waals surface area contributed by atoms with Crippen LogP contribution in [0, 0.1) is 0 Å². The van der Waals surface area contributed by atoms with Crippen molar-refractivity contribution in [2.45, 2.75) is 25.7 Å². The van der Waals surface area contributed by atoms with Gasteiger partial charge in [-0.3, -0.25) is 4.99 Å². The SMILES string of the molecule is CCNC(=NCCC(F)(F)F)NCCNc1nccc(C(F)(F)F)n1.I. The molecule has 0 aliphatic carbocycles. The van der Waals surface area contributed by atoms with E-state index in [1.807, 2.05) is 0 Å². The number of aromatic nitrogens is 2. The molecule has 1 aromatic rings. The Bertz CT molecular complexity index is 563. The smallest absolute Gasteiger partial charge is 0.357 e. The minimum absolute atomic E-state index is 0. The van der Waals surface area contributed by atoms with E-state index in [0.29, 0.717) is 6.54 Å². The number of halogens is 7. The van der Waals surface area contributed by atoms with E-state index in [1.165, 1.54) is 0 Å². The Balaban J connectivity index is 0.00000625. The van der Waals surface area contributed by atoms with Gasteiger partial charge in [0.2, 0.25) is 5.95 Å². The zero-order valence-electron chi connectivity index (χ0n) is 13.7. The van der Waals surface area contributed by atoms with Gasteiger partial charge in [0.1, 0.15) is 5.69 Å². The van der Waals surface area contributed by atoms with Crippen molar-refractivity contribution >= 4 is 35.9 Å². The van der Waals surface area contributed by atoms with Gasteiger partial charge in [0.25, 0.3) is 0 Å². The number of rotatable bonds is 7. The Kier molecular flexibility index (Phi) is 10.6. The first-order valence-corrected chi connectivity index (χ1v) is 7.35. The Hall–Kier alpha value is -1.54. The Morgan fingerprint density at radius 3 is 2.38 bits per heavy atom. The maximum atomic E-state index is 12.5. The summed E-state index contributed by atoms with van der Waals surface area (Å²) in [6.45, 7) is 2.10. The average molecular weight is 500 g/mol. The Morgan fingerprint density at radius 1 is 1.12 bits per heavy atom. The fourth-order valence-electron chi connectivity index (χ4n) is 1.59. The molecule has 0 saturated heterocycles. The molecule has 0 atom stereocenters. The topological polar surface area (TPSA) is 74.2 Å². The molecule has 0 bridgehead atoms.